The van der Waals surface area contributed by atoms with Gasteiger partial charge in [0.2, 0.25) is 0 Å². The van der Waals surface area contributed by atoms with Gasteiger partial charge in [0.05, 0.1) is 0 Å². The average molecular weight is 222 g/mol. The van der Waals surface area contributed by atoms with Crippen LogP contribution in [0.1, 0.15) is 31.4 Å². The highest BCUT2D eigenvalue weighted by atomic mass is 16.4. The Bertz CT molecular complexity index is 340. The normalized spacial score (nSPS) is 10.1. The van der Waals surface area contributed by atoms with Gasteiger partial charge < -0.3 is 10.4 Å². The summed E-state index contributed by atoms with van der Waals surface area (Å²) in [6.07, 6.45) is 4.75. The van der Waals surface area contributed by atoms with Crippen molar-refractivity contribution in [1.29, 1.82) is 0 Å². The van der Waals surface area contributed by atoms with Crippen molar-refractivity contribution >= 4 is 11.7 Å². The van der Waals surface area contributed by atoms with E-state index in [1.165, 1.54) is 0 Å². The number of anilines is 1. The molecule has 1 heterocycles. The summed E-state index contributed by atoms with van der Waals surface area (Å²) in [5.74, 6) is -0.710. The summed E-state index contributed by atoms with van der Waals surface area (Å²) in [6, 6.07) is 3.93. The minimum atomic E-state index is -0.710. The van der Waals surface area contributed by atoms with Gasteiger partial charge in [-0.2, -0.15) is 0 Å². The Hall–Kier alpha value is -1.58. The Balaban J connectivity index is 2.09. The van der Waals surface area contributed by atoms with Gasteiger partial charge in [0.25, 0.3) is 0 Å². The van der Waals surface area contributed by atoms with Crippen molar-refractivity contribution in [2.24, 2.45) is 0 Å². The van der Waals surface area contributed by atoms with Crippen LogP contribution < -0.4 is 5.32 Å². The van der Waals surface area contributed by atoms with Gasteiger partial charge in [-0.3, -0.25) is 9.78 Å². The zero-order valence-corrected chi connectivity index (χ0v) is 9.57. The predicted molar refractivity (Wildman–Crippen MR) is 63.6 cm³/mol. The third kappa shape index (κ3) is 5.34. The summed E-state index contributed by atoms with van der Waals surface area (Å²) >= 11 is 0. The Labute approximate surface area is 95.7 Å². The molecule has 16 heavy (non-hydrogen) atoms. The van der Waals surface area contributed by atoms with E-state index >= 15 is 0 Å². The van der Waals surface area contributed by atoms with Crippen LogP contribution in [0.15, 0.2) is 18.3 Å². The molecule has 1 aromatic heterocycles. The molecule has 0 bridgehead atoms. The highest BCUT2D eigenvalue weighted by Crippen LogP contribution is 2.07. The minimum Gasteiger partial charge on any atom is -0.481 e. The molecule has 4 heteroatoms. The molecule has 0 fully saturated rings. The van der Waals surface area contributed by atoms with Gasteiger partial charge in [-0.1, -0.05) is 6.42 Å². The van der Waals surface area contributed by atoms with Gasteiger partial charge in [0.15, 0.2) is 0 Å². The summed E-state index contributed by atoms with van der Waals surface area (Å²) in [7, 11) is 0. The molecule has 0 saturated heterocycles. The van der Waals surface area contributed by atoms with Crippen LogP contribution in [0.25, 0.3) is 0 Å². The lowest BCUT2D eigenvalue weighted by Crippen LogP contribution is -2.02. The summed E-state index contributed by atoms with van der Waals surface area (Å²) in [6.45, 7) is 2.83. The van der Waals surface area contributed by atoms with E-state index in [-0.39, 0.29) is 6.42 Å². The quantitative estimate of drug-likeness (QED) is 0.695. The molecule has 0 spiro atoms. The Morgan fingerprint density at radius 1 is 1.44 bits per heavy atom. The Kier molecular flexibility index (Phi) is 5.32. The van der Waals surface area contributed by atoms with Gasteiger partial charge in [-0.05, 0) is 31.9 Å². The summed E-state index contributed by atoms with van der Waals surface area (Å²) in [4.78, 5) is 14.4. The zero-order chi connectivity index (χ0) is 11.8. The highest BCUT2D eigenvalue weighted by Gasteiger charge is 1.96. The third-order valence-electron chi connectivity index (χ3n) is 2.29. The summed E-state index contributed by atoms with van der Waals surface area (Å²) in [5.41, 5.74) is 2.07. The fourth-order valence-electron chi connectivity index (χ4n) is 1.47. The van der Waals surface area contributed by atoms with E-state index in [1.54, 1.807) is 6.20 Å². The van der Waals surface area contributed by atoms with E-state index in [2.05, 4.69) is 10.3 Å². The molecule has 0 radical (unpaired) electrons. The highest BCUT2D eigenvalue weighted by molar-refractivity contribution is 5.66. The number of carboxylic acid groups (broad SMARTS) is 1. The number of rotatable bonds is 7. The number of carbonyl (C=O) groups is 1. The van der Waals surface area contributed by atoms with Crippen LogP contribution in [0.3, 0.4) is 0 Å². The van der Waals surface area contributed by atoms with Crippen molar-refractivity contribution in [2.75, 3.05) is 11.9 Å². The molecular formula is C12H18N2O2. The van der Waals surface area contributed by atoms with Gasteiger partial charge in [0, 0.05) is 30.5 Å². The van der Waals surface area contributed by atoms with Crippen LogP contribution >= 0.6 is 0 Å². The first-order valence-corrected chi connectivity index (χ1v) is 5.57. The predicted octanol–water partition coefficient (Wildman–Crippen LogP) is 2.45. The third-order valence-corrected chi connectivity index (χ3v) is 2.29. The second kappa shape index (κ2) is 6.82. The number of aliphatic carboxylic acids is 1. The van der Waals surface area contributed by atoms with E-state index in [0.717, 1.165) is 37.2 Å². The van der Waals surface area contributed by atoms with Gasteiger partial charge in [-0.25, -0.2) is 0 Å². The fourth-order valence-corrected chi connectivity index (χ4v) is 1.47. The molecule has 0 saturated carbocycles. The molecule has 0 aliphatic heterocycles. The second-order valence-corrected chi connectivity index (χ2v) is 3.82. The molecular weight excluding hydrogens is 204 g/mol. The topological polar surface area (TPSA) is 62.2 Å². The van der Waals surface area contributed by atoms with Crippen molar-refractivity contribution in [3.8, 4) is 0 Å². The zero-order valence-electron chi connectivity index (χ0n) is 9.57. The Morgan fingerprint density at radius 3 is 2.94 bits per heavy atom. The lowest BCUT2D eigenvalue weighted by molar-refractivity contribution is -0.137. The number of unbranched alkanes of at least 4 members (excludes halogenated alkanes) is 2. The fraction of sp³-hybridized carbons (Fsp3) is 0.500. The number of hydrogen-bond acceptors (Lipinski definition) is 3. The maximum atomic E-state index is 10.3. The molecule has 0 aromatic carbocycles. The first kappa shape index (κ1) is 12.5. The minimum absolute atomic E-state index is 0.272. The molecule has 0 aliphatic carbocycles. The number of nitrogens with zero attached hydrogens (tertiary/aromatic N) is 1. The number of hydrogen-bond donors (Lipinski definition) is 2. The largest absolute Gasteiger partial charge is 0.481 e. The van der Waals surface area contributed by atoms with E-state index in [9.17, 15) is 4.79 Å². The van der Waals surface area contributed by atoms with E-state index in [1.807, 2.05) is 19.1 Å². The van der Waals surface area contributed by atoms with Crippen molar-refractivity contribution in [1.82, 2.24) is 4.98 Å². The number of pyridine rings is 1. The molecule has 1 rings (SSSR count). The monoisotopic (exact) mass is 222 g/mol. The van der Waals surface area contributed by atoms with Crippen LogP contribution in [0.4, 0.5) is 5.69 Å². The van der Waals surface area contributed by atoms with Crippen molar-refractivity contribution < 1.29 is 9.90 Å². The maximum Gasteiger partial charge on any atom is 0.303 e. The molecule has 88 valence electrons. The lowest BCUT2D eigenvalue weighted by Gasteiger charge is -2.06. The number of aryl methyl sites for hydroxylation is 1. The molecule has 0 aliphatic rings. The van der Waals surface area contributed by atoms with Crippen LogP contribution in [0, 0.1) is 6.92 Å². The van der Waals surface area contributed by atoms with Gasteiger partial charge in [-0.15, -0.1) is 0 Å². The SMILES string of the molecule is Cc1cc(NCCCCCC(=O)O)ccn1. The smallest absolute Gasteiger partial charge is 0.303 e. The number of nitrogens with one attached hydrogen (secondary N) is 1. The second-order valence-electron chi connectivity index (χ2n) is 3.82. The maximum absolute atomic E-state index is 10.3. The van der Waals surface area contributed by atoms with Crippen LogP contribution in [0.2, 0.25) is 0 Å². The molecule has 4 nitrogen and oxygen atoms in total. The Morgan fingerprint density at radius 2 is 2.25 bits per heavy atom. The van der Waals surface area contributed by atoms with Crippen LogP contribution in [-0.2, 0) is 4.79 Å². The summed E-state index contributed by atoms with van der Waals surface area (Å²) in [5, 5.41) is 11.7. The van der Waals surface area contributed by atoms with Gasteiger partial charge >= 0.3 is 5.97 Å². The molecule has 0 unspecified atom stereocenters. The van der Waals surface area contributed by atoms with Gasteiger partial charge in [0.1, 0.15) is 0 Å². The molecule has 0 amide bonds. The van der Waals surface area contributed by atoms with Crippen molar-refractivity contribution in [2.45, 2.75) is 32.6 Å². The number of aromatic nitrogens is 1. The van der Waals surface area contributed by atoms with Crippen molar-refractivity contribution in [3.63, 3.8) is 0 Å². The number of carboxylic acids is 1. The van der Waals surface area contributed by atoms with E-state index in [0.29, 0.717) is 0 Å². The molecule has 2 N–H and O–H groups in total. The standard InChI is InChI=1S/C12H18N2O2/c1-10-9-11(6-8-13-10)14-7-4-2-3-5-12(15)16/h6,8-9H,2-5,7H2,1H3,(H,13,14)(H,15,16). The van der Waals surface area contributed by atoms with Crippen molar-refractivity contribution in [3.05, 3.63) is 24.0 Å². The van der Waals surface area contributed by atoms with E-state index < -0.39 is 5.97 Å². The molecule has 1 aromatic rings. The van der Waals surface area contributed by atoms with Crippen LogP contribution in [0.5, 0.6) is 0 Å². The summed E-state index contributed by atoms with van der Waals surface area (Å²) < 4.78 is 0. The lowest BCUT2D eigenvalue weighted by atomic mass is 10.2. The first-order chi connectivity index (χ1) is 7.68. The van der Waals surface area contributed by atoms with E-state index in [4.69, 9.17) is 5.11 Å². The molecule has 0 atom stereocenters. The average Bonchev–Trinajstić information content (AvgIpc) is 2.23. The van der Waals surface area contributed by atoms with Crippen LogP contribution in [-0.4, -0.2) is 22.6 Å². The first-order valence-electron chi connectivity index (χ1n) is 5.57.